The third-order valence-corrected chi connectivity index (χ3v) is 4.70. The summed E-state index contributed by atoms with van der Waals surface area (Å²) in [5, 5.41) is 15.4. The fourth-order valence-corrected chi connectivity index (χ4v) is 3.60. The summed E-state index contributed by atoms with van der Waals surface area (Å²) in [7, 11) is 0. The molecule has 25 heavy (non-hydrogen) atoms. The first kappa shape index (κ1) is 15.6. The molecule has 1 aliphatic rings. The molecule has 0 atom stereocenters. The molecule has 3 aromatic rings. The SMILES string of the molecule is O=C(O)c1csc(-n2nc(-c3cc(F)cc(F)c3)c3c2CCC=C3)n1. The Hall–Kier alpha value is -2.87. The van der Waals surface area contributed by atoms with Crippen molar-refractivity contribution in [3.63, 3.8) is 0 Å². The molecule has 0 amide bonds. The van der Waals surface area contributed by atoms with Crippen molar-refractivity contribution in [1.29, 1.82) is 0 Å². The Morgan fingerprint density at radius 1 is 1.24 bits per heavy atom. The third kappa shape index (κ3) is 2.74. The molecule has 126 valence electrons. The van der Waals surface area contributed by atoms with Crippen molar-refractivity contribution in [2.45, 2.75) is 12.8 Å². The van der Waals surface area contributed by atoms with Gasteiger partial charge >= 0.3 is 5.97 Å². The number of thiazole rings is 1. The van der Waals surface area contributed by atoms with Crippen LogP contribution in [0.2, 0.25) is 0 Å². The van der Waals surface area contributed by atoms with Crippen molar-refractivity contribution in [1.82, 2.24) is 14.8 Å². The highest BCUT2D eigenvalue weighted by Gasteiger charge is 2.23. The lowest BCUT2D eigenvalue weighted by molar-refractivity contribution is 0.0691. The predicted molar refractivity (Wildman–Crippen MR) is 88.9 cm³/mol. The first-order valence-electron chi connectivity index (χ1n) is 7.47. The Balaban J connectivity index is 1.90. The summed E-state index contributed by atoms with van der Waals surface area (Å²) in [6.45, 7) is 0. The predicted octanol–water partition coefficient (Wildman–Crippen LogP) is 3.93. The van der Waals surface area contributed by atoms with Gasteiger partial charge in [0.25, 0.3) is 0 Å². The maximum Gasteiger partial charge on any atom is 0.355 e. The van der Waals surface area contributed by atoms with Crippen LogP contribution >= 0.6 is 11.3 Å². The molecule has 2 aromatic heterocycles. The number of aromatic carboxylic acids is 1. The molecule has 0 spiro atoms. The molecule has 0 radical (unpaired) electrons. The van der Waals surface area contributed by atoms with E-state index in [2.05, 4.69) is 10.1 Å². The van der Waals surface area contributed by atoms with Crippen LogP contribution in [0.15, 0.2) is 29.7 Å². The van der Waals surface area contributed by atoms with E-state index in [0.29, 0.717) is 22.8 Å². The van der Waals surface area contributed by atoms with Crippen LogP contribution in [-0.4, -0.2) is 25.8 Å². The molecule has 4 rings (SSSR count). The first-order valence-corrected chi connectivity index (χ1v) is 8.35. The zero-order valence-electron chi connectivity index (χ0n) is 12.7. The van der Waals surface area contributed by atoms with Crippen LogP contribution in [0.3, 0.4) is 0 Å². The average Bonchev–Trinajstić information content (AvgIpc) is 3.18. The van der Waals surface area contributed by atoms with Gasteiger partial charge in [0.05, 0.1) is 5.69 Å². The Morgan fingerprint density at radius 2 is 2.00 bits per heavy atom. The Labute approximate surface area is 144 Å². The van der Waals surface area contributed by atoms with Crippen LogP contribution in [0.4, 0.5) is 8.78 Å². The second-order valence-electron chi connectivity index (χ2n) is 5.54. The molecule has 2 heterocycles. The summed E-state index contributed by atoms with van der Waals surface area (Å²) < 4.78 is 28.8. The molecule has 1 aromatic carbocycles. The number of nitrogens with zero attached hydrogens (tertiary/aromatic N) is 3. The minimum absolute atomic E-state index is 0.0612. The molecule has 0 aliphatic heterocycles. The zero-order chi connectivity index (χ0) is 17.6. The highest BCUT2D eigenvalue weighted by molar-refractivity contribution is 7.12. The monoisotopic (exact) mass is 359 g/mol. The first-order chi connectivity index (χ1) is 12.0. The van der Waals surface area contributed by atoms with Crippen LogP contribution in [0, 0.1) is 11.6 Å². The lowest BCUT2D eigenvalue weighted by atomic mass is 9.99. The van der Waals surface area contributed by atoms with Gasteiger partial charge in [0.1, 0.15) is 17.3 Å². The van der Waals surface area contributed by atoms with Crippen LogP contribution in [0.1, 0.15) is 28.2 Å². The number of benzene rings is 1. The van der Waals surface area contributed by atoms with E-state index in [4.69, 9.17) is 5.11 Å². The minimum atomic E-state index is -1.11. The minimum Gasteiger partial charge on any atom is -0.476 e. The van der Waals surface area contributed by atoms with Gasteiger partial charge in [-0.1, -0.05) is 12.2 Å². The molecule has 0 bridgehead atoms. The average molecular weight is 359 g/mol. The number of hydrogen-bond acceptors (Lipinski definition) is 4. The van der Waals surface area contributed by atoms with Gasteiger partial charge in [-0.2, -0.15) is 5.10 Å². The summed E-state index contributed by atoms with van der Waals surface area (Å²) >= 11 is 1.15. The van der Waals surface area contributed by atoms with Crippen LogP contribution in [0.25, 0.3) is 22.5 Å². The van der Waals surface area contributed by atoms with Crippen molar-refractivity contribution >= 4 is 23.4 Å². The van der Waals surface area contributed by atoms with E-state index in [1.54, 1.807) is 4.68 Å². The van der Waals surface area contributed by atoms with Gasteiger partial charge in [0.15, 0.2) is 5.69 Å². The van der Waals surface area contributed by atoms with E-state index in [-0.39, 0.29) is 5.69 Å². The molecule has 0 saturated heterocycles. The number of hydrogen-bond donors (Lipinski definition) is 1. The summed E-state index contributed by atoms with van der Waals surface area (Å²) in [5.74, 6) is -2.48. The largest absolute Gasteiger partial charge is 0.476 e. The second kappa shape index (κ2) is 5.89. The van der Waals surface area contributed by atoms with E-state index in [1.807, 2.05) is 12.2 Å². The van der Waals surface area contributed by atoms with E-state index < -0.39 is 17.6 Å². The lowest BCUT2D eigenvalue weighted by Gasteiger charge is -2.08. The fourth-order valence-electron chi connectivity index (χ4n) is 2.82. The smallest absolute Gasteiger partial charge is 0.355 e. The van der Waals surface area contributed by atoms with Gasteiger partial charge < -0.3 is 5.11 Å². The maximum atomic E-state index is 13.6. The van der Waals surface area contributed by atoms with Gasteiger partial charge in [-0.15, -0.1) is 11.3 Å². The number of carbonyl (C=O) groups is 1. The number of carboxylic acid groups (broad SMARTS) is 1. The number of allylic oxidation sites excluding steroid dienone is 1. The molecule has 5 nitrogen and oxygen atoms in total. The quantitative estimate of drug-likeness (QED) is 0.769. The van der Waals surface area contributed by atoms with Crippen molar-refractivity contribution in [2.24, 2.45) is 0 Å². The van der Waals surface area contributed by atoms with Gasteiger partial charge in [-0.25, -0.2) is 23.2 Å². The Kier molecular flexibility index (Phi) is 3.69. The van der Waals surface area contributed by atoms with Crippen LogP contribution in [-0.2, 0) is 6.42 Å². The second-order valence-corrected chi connectivity index (χ2v) is 6.38. The summed E-state index contributed by atoms with van der Waals surface area (Å²) in [4.78, 5) is 15.1. The molecular formula is C17H11F2N3O2S. The molecule has 1 aliphatic carbocycles. The summed E-state index contributed by atoms with van der Waals surface area (Å²) in [5.41, 5.74) is 2.32. The summed E-state index contributed by atoms with van der Waals surface area (Å²) in [6.07, 6.45) is 5.32. The Bertz CT molecular complexity index is 1000. The number of fused-ring (bicyclic) bond motifs is 1. The molecule has 0 saturated carbocycles. The molecule has 0 unspecified atom stereocenters. The van der Waals surface area contributed by atoms with E-state index >= 15 is 0 Å². The van der Waals surface area contributed by atoms with Gasteiger partial charge in [0, 0.05) is 22.6 Å². The highest BCUT2D eigenvalue weighted by atomic mass is 32.1. The van der Waals surface area contributed by atoms with Gasteiger partial charge in [0.2, 0.25) is 5.13 Å². The van der Waals surface area contributed by atoms with E-state index in [1.165, 1.54) is 17.5 Å². The molecular weight excluding hydrogens is 348 g/mol. The topological polar surface area (TPSA) is 68.0 Å². The fraction of sp³-hybridized carbons (Fsp3) is 0.118. The number of aromatic nitrogens is 3. The van der Waals surface area contributed by atoms with Crippen LogP contribution in [0.5, 0.6) is 0 Å². The standard InChI is InChI=1S/C17H11F2N3O2S/c18-10-5-9(6-11(19)7-10)15-12-3-1-2-4-14(12)22(21-15)17-20-13(8-25-17)16(23)24/h1,3,5-8H,2,4H2,(H,23,24). The zero-order valence-corrected chi connectivity index (χ0v) is 13.6. The Morgan fingerprint density at radius 3 is 2.68 bits per heavy atom. The molecule has 0 fully saturated rings. The van der Waals surface area contributed by atoms with Crippen molar-refractivity contribution in [2.75, 3.05) is 0 Å². The van der Waals surface area contributed by atoms with Crippen LogP contribution < -0.4 is 0 Å². The van der Waals surface area contributed by atoms with Gasteiger partial charge in [-0.05, 0) is 25.0 Å². The number of halogens is 2. The van der Waals surface area contributed by atoms with E-state index in [0.717, 1.165) is 35.1 Å². The highest BCUT2D eigenvalue weighted by Crippen LogP contribution is 2.33. The number of carboxylic acids is 1. The van der Waals surface area contributed by atoms with Crippen molar-refractivity contribution in [3.05, 3.63) is 58.2 Å². The maximum absolute atomic E-state index is 13.6. The lowest BCUT2D eigenvalue weighted by Crippen LogP contribution is -2.05. The number of rotatable bonds is 3. The van der Waals surface area contributed by atoms with Crippen molar-refractivity contribution < 1.29 is 18.7 Å². The molecule has 1 N–H and O–H groups in total. The van der Waals surface area contributed by atoms with Crippen molar-refractivity contribution in [3.8, 4) is 16.4 Å². The third-order valence-electron chi connectivity index (χ3n) is 3.88. The van der Waals surface area contributed by atoms with E-state index in [9.17, 15) is 13.6 Å². The normalized spacial score (nSPS) is 13.0. The molecule has 8 heteroatoms. The summed E-state index contributed by atoms with van der Waals surface area (Å²) in [6, 6.07) is 3.26. The van der Waals surface area contributed by atoms with Gasteiger partial charge in [-0.3, -0.25) is 0 Å².